The minimum Gasteiger partial charge on any atom is -0.392 e. The Balaban J connectivity index is 2.08. The van der Waals surface area contributed by atoms with Crippen molar-refractivity contribution in [3.05, 3.63) is 70.9 Å². The van der Waals surface area contributed by atoms with Crippen molar-refractivity contribution in [2.24, 2.45) is 0 Å². The van der Waals surface area contributed by atoms with Gasteiger partial charge in [0.05, 0.1) is 6.61 Å². The zero-order valence-corrected chi connectivity index (χ0v) is 11.9. The summed E-state index contributed by atoms with van der Waals surface area (Å²) in [4.78, 5) is 0. The van der Waals surface area contributed by atoms with Crippen LogP contribution in [-0.4, -0.2) is 9.67 Å². The van der Waals surface area contributed by atoms with Crippen molar-refractivity contribution in [1.82, 2.24) is 4.57 Å². The summed E-state index contributed by atoms with van der Waals surface area (Å²) < 4.78 is 2.25. The summed E-state index contributed by atoms with van der Waals surface area (Å²) in [6.07, 6.45) is 2.11. The highest BCUT2D eigenvalue weighted by molar-refractivity contribution is 5.83. The second-order valence-corrected chi connectivity index (χ2v) is 5.32. The molecule has 1 aromatic heterocycles. The predicted octanol–water partition coefficient (Wildman–Crippen LogP) is 3.80. The van der Waals surface area contributed by atoms with Gasteiger partial charge in [0, 0.05) is 23.6 Å². The largest absolute Gasteiger partial charge is 0.392 e. The Kier molecular flexibility index (Phi) is 3.33. The van der Waals surface area contributed by atoms with Gasteiger partial charge in [0.25, 0.3) is 0 Å². The molecule has 0 atom stereocenters. The first kappa shape index (κ1) is 12.9. The number of rotatable bonds is 3. The zero-order chi connectivity index (χ0) is 14.1. The molecule has 20 heavy (non-hydrogen) atoms. The first-order valence-corrected chi connectivity index (χ1v) is 6.93. The smallest absolute Gasteiger partial charge is 0.0688 e. The number of aliphatic hydroxyl groups excluding tert-OH is 1. The third-order valence-corrected chi connectivity index (χ3v) is 4.05. The Morgan fingerprint density at radius 2 is 1.65 bits per heavy atom. The number of aliphatic hydroxyl groups is 1. The summed E-state index contributed by atoms with van der Waals surface area (Å²) in [5.41, 5.74) is 6.19. The van der Waals surface area contributed by atoms with Crippen LogP contribution in [0.2, 0.25) is 0 Å². The van der Waals surface area contributed by atoms with Gasteiger partial charge < -0.3 is 9.67 Å². The van der Waals surface area contributed by atoms with Crippen LogP contribution in [0.4, 0.5) is 0 Å². The maximum Gasteiger partial charge on any atom is 0.0688 e. The molecule has 0 aliphatic heterocycles. The standard InChI is InChI=1S/C18H19NO/c1-13-5-3-6-14(2)17(13)11-19-10-9-16-15(12-20)7-4-8-18(16)19/h3-10,20H,11-12H2,1-2H3. The minimum absolute atomic E-state index is 0.0880. The normalized spacial score (nSPS) is 11.2. The summed E-state index contributed by atoms with van der Waals surface area (Å²) in [5.74, 6) is 0. The third kappa shape index (κ3) is 2.12. The molecule has 0 fully saturated rings. The molecule has 102 valence electrons. The Labute approximate surface area is 119 Å². The first-order chi connectivity index (χ1) is 9.70. The maximum atomic E-state index is 9.41. The molecule has 3 aromatic rings. The fraction of sp³-hybridized carbons (Fsp3) is 0.222. The number of aryl methyl sites for hydroxylation is 2. The summed E-state index contributed by atoms with van der Waals surface area (Å²) in [5, 5.41) is 10.6. The van der Waals surface area contributed by atoms with Crippen molar-refractivity contribution in [3.8, 4) is 0 Å². The number of aromatic nitrogens is 1. The SMILES string of the molecule is Cc1cccc(C)c1Cn1ccc2c(CO)cccc21. The van der Waals surface area contributed by atoms with Gasteiger partial charge in [-0.3, -0.25) is 0 Å². The summed E-state index contributed by atoms with van der Waals surface area (Å²) in [6, 6.07) is 14.6. The number of hydrogen-bond donors (Lipinski definition) is 1. The molecule has 1 N–H and O–H groups in total. The van der Waals surface area contributed by atoms with Crippen LogP contribution in [0, 0.1) is 13.8 Å². The van der Waals surface area contributed by atoms with Crippen molar-refractivity contribution in [2.45, 2.75) is 27.0 Å². The van der Waals surface area contributed by atoms with Crippen LogP contribution in [0.25, 0.3) is 10.9 Å². The van der Waals surface area contributed by atoms with Gasteiger partial charge in [-0.1, -0.05) is 30.3 Å². The zero-order valence-electron chi connectivity index (χ0n) is 11.9. The third-order valence-electron chi connectivity index (χ3n) is 4.05. The number of hydrogen-bond acceptors (Lipinski definition) is 1. The van der Waals surface area contributed by atoms with Crippen LogP contribution in [0.3, 0.4) is 0 Å². The highest BCUT2D eigenvalue weighted by atomic mass is 16.3. The van der Waals surface area contributed by atoms with E-state index in [4.69, 9.17) is 0 Å². The lowest BCUT2D eigenvalue weighted by molar-refractivity contribution is 0.283. The van der Waals surface area contributed by atoms with E-state index in [1.165, 1.54) is 22.2 Å². The van der Waals surface area contributed by atoms with Crippen molar-refractivity contribution < 1.29 is 5.11 Å². The quantitative estimate of drug-likeness (QED) is 0.765. The van der Waals surface area contributed by atoms with Crippen LogP contribution in [0.1, 0.15) is 22.3 Å². The summed E-state index contributed by atoms with van der Waals surface area (Å²) in [7, 11) is 0. The Morgan fingerprint density at radius 1 is 0.950 bits per heavy atom. The van der Waals surface area contributed by atoms with Gasteiger partial charge in [-0.05, 0) is 48.2 Å². The molecule has 2 aromatic carbocycles. The van der Waals surface area contributed by atoms with Gasteiger partial charge in [-0.15, -0.1) is 0 Å². The van der Waals surface area contributed by atoms with Crippen molar-refractivity contribution in [2.75, 3.05) is 0 Å². The topological polar surface area (TPSA) is 25.2 Å². The Bertz CT molecular complexity index is 735. The van der Waals surface area contributed by atoms with Gasteiger partial charge >= 0.3 is 0 Å². The lowest BCUT2D eigenvalue weighted by Crippen LogP contribution is -2.02. The van der Waals surface area contributed by atoms with E-state index < -0.39 is 0 Å². The van der Waals surface area contributed by atoms with Crippen LogP contribution in [-0.2, 0) is 13.2 Å². The first-order valence-electron chi connectivity index (χ1n) is 6.93. The van der Waals surface area contributed by atoms with Gasteiger partial charge in [-0.25, -0.2) is 0 Å². The van der Waals surface area contributed by atoms with Crippen LogP contribution < -0.4 is 0 Å². The highest BCUT2D eigenvalue weighted by Gasteiger charge is 2.08. The Morgan fingerprint density at radius 3 is 2.35 bits per heavy atom. The molecule has 1 heterocycles. The lowest BCUT2D eigenvalue weighted by atomic mass is 10.0. The second kappa shape index (κ2) is 5.14. The van der Waals surface area contributed by atoms with Gasteiger partial charge in [0.1, 0.15) is 0 Å². The van der Waals surface area contributed by atoms with E-state index in [1.807, 2.05) is 12.1 Å². The molecule has 0 spiro atoms. The molecule has 0 amide bonds. The van der Waals surface area contributed by atoms with Gasteiger partial charge in [0.2, 0.25) is 0 Å². The van der Waals surface area contributed by atoms with Crippen molar-refractivity contribution in [1.29, 1.82) is 0 Å². The van der Waals surface area contributed by atoms with E-state index in [-0.39, 0.29) is 6.61 Å². The maximum absolute atomic E-state index is 9.41. The molecule has 0 bridgehead atoms. The van der Waals surface area contributed by atoms with E-state index >= 15 is 0 Å². The van der Waals surface area contributed by atoms with E-state index in [0.717, 1.165) is 17.5 Å². The second-order valence-electron chi connectivity index (χ2n) is 5.32. The van der Waals surface area contributed by atoms with Crippen LogP contribution in [0.5, 0.6) is 0 Å². The molecular formula is C18H19NO. The summed E-state index contributed by atoms with van der Waals surface area (Å²) in [6.45, 7) is 5.28. The molecule has 3 rings (SSSR count). The molecular weight excluding hydrogens is 246 g/mol. The number of nitrogens with zero attached hydrogens (tertiary/aromatic N) is 1. The average molecular weight is 265 g/mol. The molecule has 0 aliphatic rings. The minimum atomic E-state index is 0.0880. The molecule has 0 saturated carbocycles. The molecule has 0 saturated heterocycles. The molecule has 2 nitrogen and oxygen atoms in total. The highest BCUT2D eigenvalue weighted by Crippen LogP contribution is 2.23. The lowest BCUT2D eigenvalue weighted by Gasteiger charge is -2.12. The number of fused-ring (bicyclic) bond motifs is 1. The van der Waals surface area contributed by atoms with Crippen LogP contribution >= 0.6 is 0 Å². The Hall–Kier alpha value is -2.06. The number of benzene rings is 2. The van der Waals surface area contributed by atoms with Crippen molar-refractivity contribution >= 4 is 10.9 Å². The van der Waals surface area contributed by atoms with Crippen molar-refractivity contribution in [3.63, 3.8) is 0 Å². The van der Waals surface area contributed by atoms with E-state index in [9.17, 15) is 5.11 Å². The van der Waals surface area contributed by atoms with Gasteiger partial charge in [-0.2, -0.15) is 0 Å². The molecule has 0 unspecified atom stereocenters. The van der Waals surface area contributed by atoms with E-state index in [0.29, 0.717) is 0 Å². The van der Waals surface area contributed by atoms with E-state index in [1.54, 1.807) is 0 Å². The molecule has 2 heteroatoms. The van der Waals surface area contributed by atoms with Crippen LogP contribution in [0.15, 0.2) is 48.7 Å². The average Bonchev–Trinajstić information content (AvgIpc) is 2.86. The predicted molar refractivity (Wildman–Crippen MR) is 82.9 cm³/mol. The van der Waals surface area contributed by atoms with Gasteiger partial charge in [0.15, 0.2) is 0 Å². The fourth-order valence-electron chi connectivity index (χ4n) is 2.83. The van der Waals surface area contributed by atoms with E-state index in [2.05, 4.69) is 54.9 Å². The molecule has 0 radical (unpaired) electrons. The molecule has 0 aliphatic carbocycles. The fourth-order valence-corrected chi connectivity index (χ4v) is 2.83. The summed E-state index contributed by atoms with van der Waals surface area (Å²) >= 11 is 0. The monoisotopic (exact) mass is 265 g/mol.